The summed E-state index contributed by atoms with van der Waals surface area (Å²) >= 11 is 0. The van der Waals surface area contributed by atoms with E-state index in [1.54, 1.807) is 0 Å². The lowest BCUT2D eigenvalue weighted by Gasteiger charge is -2.57. The highest BCUT2D eigenvalue weighted by Crippen LogP contribution is 2.65. The molecule has 24 nitrogen and oxygen atoms in total. The van der Waals surface area contributed by atoms with Crippen molar-refractivity contribution in [2.24, 2.45) is 16.2 Å². The molecule has 24 heteroatoms. The molecule has 316 valence electrons. The first kappa shape index (κ1) is 58.0. The smallest absolute Gasteiger partial charge is 0.310 e. The summed E-state index contributed by atoms with van der Waals surface area (Å²) in [4.78, 5) is 131. The highest BCUT2D eigenvalue weighted by atomic mass is 16.4. The molecule has 0 spiro atoms. The molecule has 0 aromatic heterocycles. The molecule has 0 aromatic rings. The standard InChI is InChI=1S/C23H32O16.4C2H4O2/c24-13(25)1-7-21(19(36)37,8-2-14(26)27)23(11-5-17(32)33,12-6-18(34)35)22(20(38)39,9-3-15(28)29)10-4-16(30)31;4*1-2(3)4/h1-12H2,(H,24,25)(H,26,27)(H,28,29)(H,30,31)(H,32,33)(H,34,35)(H,36,37)(H,38,39);4*1H3,(H,3,4). The van der Waals surface area contributed by atoms with Crippen molar-refractivity contribution >= 4 is 71.6 Å². The number of carboxylic acid groups (broad SMARTS) is 12. The number of hydrogen-bond donors (Lipinski definition) is 12. The summed E-state index contributed by atoms with van der Waals surface area (Å²) in [5, 5.41) is 107. The summed E-state index contributed by atoms with van der Waals surface area (Å²) in [6.45, 7) is 4.33. The van der Waals surface area contributed by atoms with Gasteiger partial charge in [0.1, 0.15) is 0 Å². The third-order valence-corrected chi connectivity index (χ3v) is 7.24. The first-order valence-corrected chi connectivity index (χ1v) is 15.4. The molecule has 0 aromatic carbocycles. The fourth-order valence-corrected chi connectivity index (χ4v) is 5.51. The molecule has 0 bridgehead atoms. The van der Waals surface area contributed by atoms with Gasteiger partial charge >= 0.3 is 47.8 Å². The second kappa shape index (κ2) is 29.1. The van der Waals surface area contributed by atoms with Crippen LogP contribution in [0, 0.1) is 16.2 Å². The van der Waals surface area contributed by atoms with Crippen LogP contribution in [0.5, 0.6) is 0 Å². The zero-order valence-electron chi connectivity index (χ0n) is 30.3. The van der Waals surface area contributed by atoms with E-state index in [0.29, 0.717) is 0 Å². The minimum Gasteiger partial charge on any atom is -0.481 e. The molecular formula is C31H48O24. The van der Waals surface area contributed by atoms with E-state index < -0.39 is 165 Å². The van der Waals surface area contributed by atoms with Crippen LogP contribution < -0.4 is 0 Å². The molecule has 12 N–H and O–H groups in total. The van der Waals surface area contributed by atoms with Gasteiger partial charge in [-0.2, -0.15) is 0 Å². The monoisotopic (exact) mass is 804 g/mol. The number of carboxylic acids is 12. The van der Waals surface area contributed by atoms with Crippen LogP contribution in [-0.2, 0) is 57.5 Å². The van der Waals surface area contributed by atoms with Crippen LogP contribution in [0.2, 0.25) is 0 Å². The van der Waals surface area contributed by atoms with Gasteiger partial charge in [-0.3, -0.25) is 57.5 Å². The Labute approximate surface area is 311 Å². The number of aliphatic carboxylic acids is 12. The molecule has 0 heterocycles. The largest absolute Gasteiger partial charge is 0.481 e. The van der Waals surface area contributed by atoms with Crippen molar-refractivity contribution in [2.45, 2.75) is 105 Å². The van der Waals surface area contributed by atoms with E-state index >= 15 is 0 Å². The molecule has 0 aliphatic rings. The second-order valence-corrected chi connectivity index (χ2v) is 11.3. The third-order valence-electron chi connectivity index (χ3n) is 7.24. The molecule has 0 rings (SSSR count). The summed E-state index contributed by atoms with van der Waals surface area (Å²) in [5.74, 6) is -16.9. The summed E-state index contributed by atoms with van der Waals surface area (Å²) in [6, 6.07) is 0. The third kappa shape index (κ3) is 27.9. The molecule has 0 unspecified atom stereocenters. The Balaban J connectivity index is -0.000000435. The zero-order valence-corrected chi connectivity index (χ0v) is 30.3. The molecule has 0 radical (unpaired) electrons. The minimum atomic E-state index is -2.75. The lowest BCUT2D eigenvalue weighted by Crippen LogP contribution is -2.61. The molecule has 0 aliphatic heterocycles. The Morgan fingerprint density at radius 1 is 0.291 bits per heavy atom. The average molecular weight is 805 g/mol. The maximum Gasteiger partial charge on any atom is 0.310 e. The second-order valence-electron chi connectivity index (χ2n) is 11.3. The predicted molar refractivity (Wildman–Crippen MR) is 177 cm³/mol. The van der Waals surface area contributed by atoms with Gasteiger partial charge in [-0.15, -0.1) is 0 Å². The summed E-state index contributed by atoms with van der Waals surface area (Å²) in [7, 11) is 0. The first-order chi connectivity index (χ1) is 24.8. The van der Waals surface area contributed by atoms with E-state index in [0.717, 1.165) is 27.7 Å². The molecule has 55 heavy (non-hydrogen) atoms. The van der Waals surface area contributed by atoms with Crippen LogP contribution in [0.15, 0.2) is 0 Å². The van der Waals surface area contributed by atoms with Gasteiger partial charge in [0.05, 0.1) is 10.8 Å². The van der Waals surface area contributed by atoms with Crippen LogP contribution in [0.3, 0.4) is 0 Å². The van der Waals surface area contributed by atoms with Crippen molar-refractivity contribution in [3.05, 3.63) is 0 Å². The fourth-order valence-electron chi connectivity index (χ4n) is 5.51. The van der Waals surface area contributed by atoms with E-state index in [1.807, 2.05) is 0 Å². The van der Waals surface area contributed by atoms with Gasteiger partial charge in [-0.05, 0) is 38.5 Å². The topological polar surface area (TPSA) is 448 Å². The number of rotatable bonds is 22. The van der Waals surface area contributed by atoms with Gasteiger partial charge in [0.2, 0.25) is 0 Å². The van der Waals surface area contributed by atoms with Gasteiger partial charge in [-0.1, -0.05) is 0 Å². The van der Waals surface area contributed by atoms with E-state index in [1.165, 1.54) is 0 Å². The van der Waals surface area contributed by atoms with E-state index in [2.05, 4.69) is 0 Å². The van der Waals surface area contributed by atoms with Crippen molar-refractivity contribution in [1.82, 2.24) is 0 Å². The molecule has 0 fully saturated rings. The molecule has 0 atom stereocenters. The fraction of sp³-hybridized carbons (Fsp3) is 0.613. The van der Waals surface area contributed by atoms with E-state index in [-0.39, 0.29) is 0 Å². The van der Waals surface area contributed by atoms with Gasteiger partial charge in [0.15, 0.2) is 0 Å². The molecular weight excluding hydrogens is 756 g/mol. The maximum atomic E-state index is 13.0. The Morgan fingerprint density at radius 3 is 0.527 bits per heavy atom. The van der Waals surface area contributed by atoms with Crippen molar-refractivity contribution in [3.8, 4) is 0 Å². The van der Waals surface area contributed by atoms with Crippen molar-refractivity contribution in [2.75, 3.05) is 0 Å². The van der Waals surface area contributed by atoms with Gasteiger partial charge in [0, 0.05) is 71.6 Å². The Morgan fingerprint density at radius 2 is 0.418 bits per heavy atom. The average Bonchev–Trinajstić information content (AvgIpc) is 2.96. The lowest BCUT2D eigenvalue weighted by atomic mass is 9.43. The van der Waals surface area contributed by atoms with Crippen molar-refractivity contribution in [3.63, 3.8) is 0 Å². The highest BCUT2D eigenvalue weighted by molar-refractivity contribution is 5.84. The Hall–Kier alpha value is -6.36. The van der Waals surface area contributed by atoms with E-state index in [4.69, 9.17) is 39.6 Å². The predicted octanol–water partition coefficient (Wildman–Crippen LogP) is 1.67. The van der Waals surface area contributed by atoms with Crippen LogP contribution in [0.1, 0.15) is 105 Å². The highest BCUT2D eigenvalue weighted by Gasteiger charge is 2.68. The van der Waals surface area contributed by atoms with E-state index in [9.17, 15) is 79.2 Å². The lowest BCUT2D eigenvalue weighted by molar-refractivity contribution is -0.197. The zero-order chi connectivity index (χ0) is 44.9. The van der Waals surface area contributed by atoms with Crippen LogP contribution in [-0.4, -0.2) is 133 Å². The van der Waals surface area contributed by atoms with Gasteiger partial charge in [-0.25, -0.2) is 0 Å². The van der Waals surface area contributed by atoms with Crippen LogP contribution >= 0.6 is 0 Å². The molecule has 0 saturated heterocycles. The Bertz CT molecular complexity index is 1180. The minimum absolute atomic E-state index is 0.833. The molecule has 0 aliphatic carbocycles. The summed E-state index contributed by atoms with van der Waals surface area (Å²) in [6.07, 6.45) is -11.9. The maximum absolute atomic E-state index is 13.0. The molecule has 0 amide bonds. The summed E-state index contributed by atoms with van der Waals surface area (Å²) < 4.78 is 0. The number of hydrogen-bond acceptors (Lipinski definition) is 12. The first-order valence-electron chi connectivity index (χ1n) is 15.4. The van der Waals surface area contributed by atoms with Crippen LogP contribution in [0.4, 0.5) is 0 Å². The molecule has 0 saturated carbocycles. The van der Waals surface area contributed by atoms with Gasteiger partial charge in [0.25, 0.3) is 23.9 Å². The van der Waals surface area contributed by atoms with Crippen LogP contribution in [0.25, 0.3) is 0 Å². The van der Waals surface area contributed by atoms with Crippen molar-refractivity contribution in [1.29, 1.82) is 0 Å². The quantitative estimate of drug-likeness (QED) is 0.0740. The summed E-state index contributed by atoms with van der Waals surface area (Å²) in [5.41, 5.74) is -8.13. The van der Waals surface area contributed by atoms with Gasteiger partial charge < -0.3 is 61.3 Å². The SMILES string of the molecule is CC(=O)O.CC(=O)O.CC(=O)O.CC(=O)O.O=C(O)CCC(CCC(=O)O)(C(=O)O)C(CCC(=O)O)(CCC(=O)O)C(CCC(=O)O)(CCC(=O)O)C(=O)O. The Kier molecular flexibility index (Phi) is 30.7. The number of carbonyl (C=O) groups is 12. The van der Waals surface area contributed by atoms with Crippen molar-refractivity contribution < 1.29 is 119 Å². The normalized spacial score (nSPS) is 10.3.